The molecule has 0 bridgehead atoms. The van der Waals surface area contributed by atoms with Crippen molar-refractivity contribution < 1.29 is 0 Å². The van der Waals surface area contributed by atoms with Gasteiger partial charge in [0, 0.05) is 35.4 Å². The molecule has 1 aromatic heterocycles. The van der Waals surface area contributed by atoms with Gasteiger partial charge in [0.15, 0.2) is 5.11 Å². The fourth-order valence-corrected chi connectivity index (χ4v) is 3.59. The van der Waals surface area contributed by atoms with E-state index in [1.807, 2.05) is 0 Å². The van der Waals surface area contributed by atoms with Crippen molar-refractivity contribution in [2.75, 3.05) is 5.32 Å². The Hall–Kier alpha value is -2.33. The van der Waals surface area contributed by atoms with Gasteiger partial charge in [-0.05, 0) is 55.2 Å². The molecular weight excluding hydrogens is 338 g/mol. The van der Waals surface area contributed by atoms with Gasteiger partial charge in [-0.25, -0.2) is 0 Å². The molecule has 136 valence electrons. The molecule has 3 rings (SSSR count). The Morgan fingerprint density at radius 2 is 1.81 bits per heavy atom. The zero-order chi connectivity index (χ0) is 18.5. The summed E-state index contributed by atoms with van der Waals surface area (Å²) in [6.07, 6.45) is 4.12. The molecule has 0 radical (unpaired) electrons. The summed E-state index contributed by atoms with van der Waals surface area (Å²) >= 11 is 5.81. The summed E-state index contributed by atoms with van der Waals surface area (Å²) in [6, 6.07) is 17.2. The van der Waals surface area contributed by atoms with E-state index in [1.54, 1.807) is 0 Å². The molecule has 0 aliphatic heterocycles. The number of para-hydroxylation sites is 2. The van der Waals surface area contributed by atoms with E-state index in [0.717, 1.165) is 30.2 Å². The fraction of sp³-hybridized carbons (Fsp3) is 0.318. The minimum Gasteiger partial charge on any atom is -0.361 e. The minimum absolute atomic E-state index is 0.359. The number of nitrogens with one attached hydrogen (secondary N) is 2. The van der Waals surface area contributed by atoms with Crippen LogP contribution in [0.2, 0.25) is 0 Å². The van der Waals surface area contributed by atoms with Gasteiger partial charge in [-0.1, -0.05) is 50.2 Å². The van der Waals surface area contributed by atoms with Crippen molar-refractivity contribution in [3.05, 3.63) is 65.9 Å². The number of anilines is 1. The Balaban J connectivity index is 1.85. The molecule has 0 aliphatic carbocycles. The van der Waals surface area contributed by atoms with E-state index in [-0.39, 0.29) is 0 Å². The highest BCUT2D eigenvalue weighted by Crippen LogP contribution is 2.22. The zero-order valence-corrected chi connectivity index (χ0v) is 16.6. The highest BCUT2D eigenvalue weighted by atomic mass is 32.1. The lowest BCUT2D eigenvalue weighted by atomic mass is 10.1. The first-order chi connectivity index (χ1) is 12.6. The maximum Gasteiger partial charge on any atom is 0.173 e. The van der Waals surface area contributed by atoms with E-state index in [4.69, 9.17) is 12.2 Å². The molecule has 0 saturated carbocycles. The predicted molar refractivity (Wildman–Crippen MR) is 116 cm³/mol. The smallest absolute Gasteiger partial charge is 0.173 e. The van der Waals surface area contributed by atoms with Crippen LogP contribution in [0.3, 0.4) is 0 Å². The number of hydrogen-bond donors (Lipinski definition) is 2. The second kappa shape index (κ2) is 8.37. The van der Waals surface area contributed by atoms with Gasteiger partial charge in [-0.2, -0.15) is 0 Å². The SMILES string of the molecule is CCc1ccccc1NC(=S)N(Cc1c[nH]c2ccccc12)C(C)CC. The molecule has 3 aromatic rings. The maximum absolute atomic E-state index is 5.81. The number of fused-ring (bicyclic) bond motifs is 1. The van der Waals surface area contributed by atoms with Crippen LogP contribution in [-0.2, 0) is 13.0 Å². The first-order valence-corrected chi connectivity index (χ1v) is 9.75. The summed E-state index contributed by atoms with van der Waals surface area (Å²) in [4.78, 5) is 5.66. The van der Waals surface area contributed by atoms with E-state index in [2.05, 4.69) is 90.7 Å². The van der Waals surface area contributed by atoms with E-state index in [1.165, 1.54) is 22.0 Å². The van der Waals surface area contributed by atoms with Crippen LogP contribution < -0.4 is 5.32 Å². The minimum atomic E-state index is 0.359. The molecule has 2 N–H and O–H groups in total. The van der Waals surface area contributed by atoms with Crippen molar-refractivity contribution in [1.82, 2.24) is 9.88 Å². The Kier molecular flexibility index (Phi) is 5.94. The molecule has 2 aromatic carbocycles. The Morgan fingerprint density at radius 3 is 2.58 bits per heavy atom. The van der Waals surface area contributed by atoms with Crippen LogP contribution in [0.15, 0.2) is 54.7 Å². The van der Waals surface area contributed by atoms with Gasteiger partial charge in [0.25, 0.3) is 0 Å². The average molecular weight is 366 g/mol. The lowest BCUT2D eigenvalue weighted by Gasteiger charge is -2.31. The molecule has 26 heavy (non-hydrogen) atoms. The van der Waals surface area contributed by atoms with Crippen LogP contribution in [0.4, 0.5) is 5.69 Å². The molecule has 1 atom stereocenters. The first-order valence-electron chi connectivity index (χ1n) is 9.34. The van der Waals surface area contributed by atoms with Gasteiger partial charge >= 0.3 is 0 Å². The summed E-state index contributed by atoms with van der Waals surface area (Å²) in [5.41, 5.74) is 4.83. The lowest BCUT2D eigenvalue weighted by Crippen LogP contribution is -2.40. The lowest BCUT2D eigenvalue weighted by molar-refractivity contribution is 0.321. The van der Waals surface area contributed by atoms with Crippen LogP contribution in [0.25, 0.3) is 10.9 Å². The molecule has 0 spiro atoms. The second-order valence-corrected chi connectivity index (χ2v) is 7.07. The van der Waals surface area contributed by atoms with Crippen molar-refractivity contribution in [1.29, 1.82) is 0 Å². The van der Waals surface area contributed by atoms with Gasteiger partial charge in [-0.3, -0.25) is 0 Å². The number of benzene rings is 2. The van der Waals surface area contributed by atoms with Crippen molar-refractivity contribution in [2.24, 2.45) is 0 Å². The zero-order valence-electron chi connectivity index (χ0n) is 15.8. The highest BCUT2D eigenvalue weighted by Gasteiger charge is 2.18. The van der Waals surface area contributed by atoms with Crippen molar-refractivity contribution in [3.8, 4) is 0 Å². The predicted octanol–water partition coefficient (Wildman–Crippen LogP) is 5.73. The number of hydrogen-bond acceptors (Lipinski definition) is 1. The standard InChI is InChI=1S/C22H27N3S/c1-4-16(3)25(15-18-14-23-21-13-9-7-11-19(18)21)22(26)24-20-12-8-6-10-17(20)5-2/h6-14,16,23H,4-5,15H2,1-3H3,(H,24,26). The molecule has 4 heteroatoms. The number of rotatable bonds is 6. The summed E-state index contributed by atoms with van der Waals surface area (Å²) in [6.45, 7) is 7.39. The monoisotopic (exact) mass is 365 g/mol. The summed E-state index contributed by atoms with van der Waals surface area (Å²) < 4.78 is 0. The third kappa shape index (κ3) is 3.91. The molecule has 0 saturated heterocycles. The third-order valence-electron chi connectivity index (χ3n) is 5.04. The largest absolute Gasteiger partial charge is 0.361 e. The van der Waals surface area contributed by atoms with Gasteiger partial charge in [0.1, 0.15) is 0 Å². The van der Waals surface area contributed by atoms with Crippen LogP contribution >= 0.6 is 12.2 Å². The highest BCUT2D eigenvalue weighted by molar-refractivity contribution is 7.80. The van der Waals surface area contributed by atoms with E-state index < -0.39 is 0 Å². The van der Waals surface area contributed by atoms with E-state index in [0.29, 0.717) is 6.04 Å². The normalized spacial score (nSPS) is 12.1. The van der Waals surface area contributed by atoms with Gasteiger partial charge in [0.2, 0.25) is 0 Å². The molecule has 1 heterocycles. The van der Waals surface area contributed by atoms with E-state index in [9.17, 15) is 0 Å². The Labute approximate surface area is 161 Å². The molecule has 0 fully saturated rings. The quantitative estimate of drug-likeness (QED) is 0.547. The molecule has 0 aliphatic rings. The Morgan fingerprint density at radius 1 is 1.08 bits per heavy atom. The number of aromatic nitrogens is 1. The summed E-state index contributed by atoms with van der Waals surface area (Å²) in [5.74, 6) is 0. The fourth-order valence-electron chi connectivity index (χ4n) is 3.23. The van der Waals surface area contributed by atoms with Crippen molar-refractivity contribution in [3.63, 3.8) is 0 Å². The first kappa shape index (κ1) is 18.5. The second-order valence-electron chi connectivity index (χ2n) is 6.69. The number of H-pyrrole nitrogens is 1. The third-order valence-corrected chi connectivity index (χ3v) is 5.38. The average Bonchev–Trinajstić information content (AvgIpc) is 3.08. The topological polar surface area (TPSA) is 31.1 Å². The van der Waals surface area contributed by atoms with Crippen LogP contribution in [0.5, 0.6) is 0 Å². The van der Waals surface area contributed by atoms with Crippen LogP contribution in [0.1, 0.15) is 38.3 Å². The number of nitrogens with zero attached hydrogens (tertiary/aromatic N) is 1. The van der Waals surface area contributed by atoms with Gasteiger partial charge < -0.3 is 15.2 Å². The number of thiocarbonyl (C=S) groups is 1. The molecule has 0 amide bonds. The summed E-state index contributed by atoms with van der Waals surface area (Å²) in [7, 11) is 0. The number of aromatic amines is 1. The molecule has 3 nitrogen and oxygen atoms in total. The summed E-state index contributed by atoms with van der Waals surface area (Å²) in [5, 5.41) is 5.53. The molecule has 1 unspecified atom stereocenters. The molecular formula is C22H27N3S. The van der Waals surface area contributed by atoms with Gasteiger partial charge in [-0.15, -0.1) is 0 Å². The van der Waals surface area contributed by atoms with Crippen molar-refractivity contribution >= 4 is 33.9 Å². The van der Waals surface area contributed by atoms with Crippen LogP contribution in [0, 0.1) is 0 Å². The van der Waals surface area contributed by atoms with Crippen LogP contribution in [-0.4, -0.2) is 21.0 Å². The number of aryl methyl sites for hydroxylation is 1. The van der Waals surface area contributed by atoms with Crippen molar-refractivity contribution in [2.45, 2.75) is 46.2 Å². The maximum atomic E-state index is 5.81. The Bertz CT molecular complexity index is 884. The van der Waals surface area contributed by atoms with Gasteiger partial charge in [0.05, 0.1) is 0 Å². The van der Waals surface area contributed by atoms with E-state index >= 15 is 0 Å².